The number of amides is 1. The fourth-order valence-corrected chi connectivity index (χ4v) is 4.32. The average Bonchev–Trinajstić information content (AvgIpc) is 3.10. The molecular formula is C22H23NO4. The molecule has 0 radical (unpaired) electrons. The van der Waals surface area contributed by atoms with Gasteiger partial charge in [0.1, 0.15) is 0 Å². The Balaban J connectivity index is 1.60. The lowest BCUT2D eigenvalue weighted by atomic mass is 9.74. The van der Waals surface area contributed by atoms with Crippen LogP contribution in [0.1, 0.15) is 27.9 Å². The highest BCUT2D eigenvalue weighted by Gasteiger charge is 2.55. The van der Waals surface area contributed by atoms with E-state index in [1.165, 1.54) is 0 Å². The number of rotatable bonds is 4. The van der Waals surface area contributed by atoms with Gasteiger partial charge in [0.15, 0.2) is 0 Å². The van der Waals surface area contributed by atoms with Crippen LogP contribution in [0.2, 0.25) is 0 Å². The van der Waals surface area contributed by atoms with Crippen LogP contribution in [0, 0.1) is 11.3 Å². The Kier molecular flexibility index (Phi) is 4.70. The second kappa shape index (κ2) is 7.16. The summed E-state index contributed by atoms with van der Waals surface area (Å²) in [7, 11) is 0. The van der Waals surface area contributed by atoms with Gasteiger partial charge in [-0.05, 0) is 30.0 Å². The first-order valence-electron chi connectivity index (χ1n) is 9.32. The molecule has 4 rings (SSSR count). The molecule has 0 aliphatic carbocycles. The summed E-state index contributed by atoms with van der Waals surface area (Å²) in [4.78, 5) is 26.9. The smallest absolute Gasteiger partial charge is 0.311 e. The molecule has 0 aromatic heterocycles. The lowest BCUT2D eigenvalue weighted by Gasteiger charge is -2.33. The Hall–Kier alpha value is -2.66. The molecule has 0 unspecified atom stereocenters. The number of carbonyl (C=O) groups excluding carboxylic acids is 1. The number of hydrogen-bond acceptors (Lipinski definition) is 3. The van der Waals surface area contributed by atoms with E-state index in [4.69, 9.17) is 4.74 Å². The van der Waals surface area contributed by atoms with Gasteiger partial charge in [0, 0.05) is 31.2 Å². The zero-order valence-corrected chi connectivity index (χ0v) is 15.1. The van der Waals surface area contributed by atoms with Crippen LogP contribution in [-0.4, -0.2) is 48.2 Å². The van der Waals surface area contributed by atoms with Gasteiger partial charge in [0.05, 0.1) is 12.0 Å². The van der Waals surface area contributed by atoms with Crippen molar-refractivity contribution >= 4 is 11.9 Å². The summed E-state index contributed by atoms with van der Waals surface area (Å²) in [6, 6.07) is 17.6. The summed E-state index contributed by atoms with van der Waals surface area (Å²) < 4.78 is 5.49. The van der Waals surface area contributed by atoms with E-state index in [2.05, 4.69) is 0 Å². The summed E-state index contributed by atoms with van der Waals surface area (Å²) in [5.74, 6) is -1.05. The second-order valence-corrected chi connectivity index (χ2v) is 7.49. The van der Waals surface area contributed by atoms with Gasteiger partial charge < -0.3 is 14.7 Å². The fraction of sp³-hybridized carbons (Fsp3) is 0.364. The van der Waals surface area contributed by atoms with Crippen molar-refractivity contribution in [2.45, 2.75) is 12.8 Å². The molecule has 2 heterocycles. The molecule has 1 amide bonds. The molecule has 140 valence electrons. The molecule has 0 spiro atoms. The highest BCUT2D eigenvalue weighted by atomic mass is 16.5. The van der Waals surface area contributed by atoms with Crippen LogP contribution in [0.3, 0.4) is 0 Å². The van der Waals surface area contributed by atoms with E-state index in [0.717, 1.165) is 11.1 Å². The zero-order chi connectivity index (χ0) is 18.9. The van der Waals surface area contributed by atoms with E-state index in [-0.39, 0.29) is 18.4 Å². The zero-order valence-electron chi connectivity index (χ0n) is 15.1. The van der Waals surface area contributed by atoms with Crippen molar-refractivity contribution < 1.29 is 19.4 Å². The van der Waals surface area contributed by atoms with Crippen LogP contribution < -0.4 is 0 Å². The van der Waals surface area contributed by atoms with Gasteiger partial charge >= 0.3 is 5.97 Å². The normalized spacial score (nSPS) is 24.4. The van der Waals surface area contributed by atoms with Gasteiger partial charge in [-0.2, -0.15) is 0 Å². The van der Waals surface area contributed by atoms with Gasteiger partial charge in [-0.25, -0.2) is 0 Å². The minimum atomic E-state index is -0.873. The van der Waals surface area contributed by atoms with E-state index in [1.807, 2.05) is 54.6 Å². The van der Waals surface area contributed by atoms with Crippen molar-refractivity contribution in [2.24, 2.45) is 11.3 Å². The second-order valence-electron chi connectivity index (χ2n) is 7.49. The molecule has 27 heavy (non-hydrogen) atoms. The van der Waals surface area contributed by atoms with Crippen molar-refractivity contribution in [2.75, 3.05) is 26.3 Å². The van der Waals surface area contributed by atoms with Crippen molar-refractivity contribution in [3.63, 3.8) is 0 Å². The highest BCUT2D eigenvalue weighted by Crippen LogP contribution is 2.43. The van der Waals surface area contributed by atoms with Crippen molar-refractivity contribution in [1.29, 1.82) is 0 Å². The van der Waals surface area contributed by atoms with E-state index >= 15 is 0 Å². The van der Waals surface area contributed by atoms with E-state index in [0.29, 0.717) is 38.2 Å². The number of likely N-dealkylation sites (tertiary alicyclic amines) is 1. The molecule has 2 atom stereocenters. The van der Waals surface area contributed by atoms with Gasteiger partial charge in [0.2, 0.25) is 0 Å². The van der Waals surface area contributed by atoms with E-state index < -0.39 is 11.4 Å². The molecule has 5 nitrogen and oxygen atoms in total. The molecule has 2 fully saturated rings. The van der Waals surface area contributed by atoms with Gasteiger partial charge in [-0.15, -0.1) is 0 Å². The first-order chi connectivity index (χ1) is 13.1. The lowest BCUT2D eigenvalue weighted by molar-refractivity contribution is -0.157. The molecule has 0 bridgehead atoms. The van der Waals surface area contributed by atoms with Crippen molar-refractivity contribution in [1.82, 2.24) is 4.90 Å². The summed E-state index contributed by atoms with van der Waals surface area (Å²) in [6.45, 7) is 1.54. The maximum absolute atomic E-state index is 13.3. The summed E-state index contributed by atoms with van der Waals surface area (Å²) in [5, 5.41) is 9.83. The number of carbonyl (C=O) groups is 2. The van der Waals surface area contributed by atoms with Crippen LogP contribution in [-0.2, 0) is 16.0 Å². The molecule has 0 saturated carbocycles. The molecule has 1 N–H and O–H groups in total. The molecular weight excluding hydrogens is 342 g/mol. The van der Waals surface area contributed by atoms with Crippen molar-refractivity contribution in [3.05, 3.63) is 71.3 Å². The predicted molar refractivity (Wildman–Crippen MR) is 101 cm³/mol. The Labute approximate surface area is 158 Å². The van der Waals surface area contributed by atoms with Gasteiger partial charge in [-0.1, -0.05) is 48.5 Å². The number of hydrogen-bond donors (Lipinski definition) is 1. The Morgan fingerprint density at radius 3 is 2.59 bits per heavy atom. The maximum atomic E-state index is 13.3. The molecule has 5 heteroatoms. The third kappa shape index (κ3) is 3.23. The Bertz CT molecular complexity index is 850. The standard InChI is InChI=1S/C22H23NO4/c24-20(23-13-18-14-27-11-10-22(18,15-23)21(25)26)19-9-5-4-8-17(19)12-16-6-2-1-3-7-16/h1-9,18H,10-15H2,(H,25,26)/t18-,22+/m0/s1. The van der Waals surface area contributed by atoms with Crippen LogP contribution in [0.5, 0.6) is 0 Å². The third-order valence-corrected chi connectivity index (χ3v) is 5.91. The third-order valence-electron chi connectivity index (χ3n) is 5.91. The molecule has 2 saturated heterocycles. The SMILES string of the molecule is O=C(c1ccccc1Cc1ccccc1)N1C[C@H]2COCC[C@@]2(C(=O)O)C1. The Morgan fingerprint density at radius 1 is 1.11 bits per heavy atom. The summed E-state index contributed by atoms with van der Waals surface area (Å²) in [6.07, 6.45) is 1.13. The summed E-state index contributed by atoms with van der Waals surface area (Å²) >= 11 is 0. The molecule has 2 aliphatic rings. The quantitative estimate of drug-likeness (QED) is 0.905. The number of nitrogens with zero attached hydrogens (tertiary/aromatic N) is 1. The number of ether oxygens (including phenoxy) is 1. The summed E-state index contributed by atoms with van der Waals surface area (Å²) in [5.41, 5.74) is 1.89. The van der Waals surface area contributed by atoms with E-state index in [1.54, 1.807) is 4.90 Å². The van der Waals surface area contributed by atoms with Crippen molar-refractivity contribution in [3.8, 4) is 0 Å². The lowest BCUT2D eigenvalue weighted by Crippen LogP contribution is -2.45. The largest absolute Gasteiger partial charge is 0.481 e. The average molecular weight is 365 g/mol. The number of aliphatic carboxylic acids is 1. The molecule has 2 aliphatic heterocycles. The van der Waals surface area contributed by atoms with Gasteiger partial charge in [0.25, 0.3) is 5.91 Å². The van der Waals surface area contributed by atoms with E-state index in [9.17, 15) is 14.7 Å². The number of fused-ring (bicyclic) bond motifs is 1. The Morgan fingerprint density at radius 2 is 1.85 bits per heavy atom. The minimum Gasteiger partial charge on any atom is -0.481 e. The van der Waals surface area contributed by atoms with Crippen LogP contribution in [0.4, 0.5) is 0 Å². The molecule has 2 aromatic rings. The van der Waals surface area contributed by atoms with Gasteiger partial charge in [-0.3, -0.25) is 9.59 Å². The number of carboxylic acids is 1. The minimum absolute atomic E-state index is 0.0865. The monoisotopic (exact) mass is 365 g/mol. The number of carboxylic acid groups (broad SMARTS) is 1. The van der Waals surface area contributed by atoms with Crippen LogP contribution in [0.25, 0.3) is 0 Å². The highest BCUT2D eigenvalue weighted by molar-refractivity contribution is 5.96. The first-order valence-corrected chi connectivity index (χ1v) is 9.32. The molecule has 2 aromatic carbocycles. The van der Waals surface area contributed by atoms with Crippen LogP contribution >= 0.6 is 0 Å². The predicted octanol–water partition coefficient (Wildman–Crippen LogP) is 2.84. The maximum Gasteiger partial charge on any atom is 0.311 e. The van der Waals surface area contributed by atoms with Crippen LogP contribution in [0.15, 0.2) is 54.6 Å². The first kappa shape index (κ1) is 17.7. The fourth-order valence-electron chi connectivity index (χ4n) is 4.32. The number of benzene rings is 2. The topological polar surface area (TPSA) is 66.8 Å².